The molecule has 1 heterocycles. The Bertz CT molecular complexity index is 975. The number of anilines is 1. The maximum atomic E-state index is 12.0. The van der Waals surface area contributed by atoms with E-state index in [0.29, 0.717) is 18.3 Å². The predicted octanol–water partition coefficient (Wildman–Crippen LogP) is 2.25. The van der Waals surface area contributed by atoms with Crippen molar-refractivity contribution < 1.29 is 9.53 Å². The van der Waals surface area contributed by atoms with E-state index in [1.165, 1.54) is 16.4 Å². The predicted molar refractivity (Wildman–Crippen MR) is 118 cm³/mol. The number of carbonyl (C=O) groups excluding carboxylic acids is 1. The highest BCUT2D eigenvalue weighted by Gasteiger charge is 2.11. The van der Waals surface area contributed by atoms with Crippen LogP contribution in [-0.4, -0.2) is 39.4 Å². The van der Waals surface area contributed by atoms with Crippen molar-refractivity contribution in [2.45, 2.75) is 18.6 Å². The van der Waals surface area contributed by atoms with Gasteiger partial charge in [-0.3, -0.25) is 4.79 Å². The van der Waals surface area contributed by atoms with Gasteiger partial charge in [0.25, 0.3) is 5.95 Å². The summed E-state index contributed by atoms with van der Waals surface area (Å²) in [6.07, 6.45) is 1.63. The molecule has 10 heteroatoms. The first-order valence-electron chi connectivity index (χ1n) is 9.31. The normalized spacial score (nSPS) is 10.8. The van der Waals surface area contributed by atoms with E-state index in [1.807, 2.05) is 61.5 Å². The number of rotatable bonds is 10. The molecule has 0 aliphatic rings. The molecule has 0 aliphatic carbocycles. The molecule has 156 valence electrons. The molecule has 0 fully saturated rings. The van der Waals surface area contributed by atoms with Crippen LogP contribution in [0.3, 0.4) is 0 Å². The van der Waals surface area contributed by atoms with Gasteiger partial charge in [-0.05, 0) is 42.3 Å². The lowest BCUT2D eigenvalue weighted by Gasteiger charge is -2.05. The van der Waals surface area contributed by atoms with Crippen molar-refractivity contribution in [1.82, 2.24) is 20.2 Å². The number of nitrogen functional groups attached to an aromatic ring is 1. The second kappa shape index (κ2) is 10.9. The number of nitrogens with zero attached hydrogens (tertiary/aromatic N) is 4. The zero-order valence-electron chi connectivity index (χ0n) is 16.5. The third-order valence-electron chi connectivity index (χ3n) is 3.90. The van der Waals surface area contributed by atoms with Crippen LogP contribution in [0.2, 0.25) is 0 Å². The largest absolute Gasteiger partial charge is 0.494 e. The molecule has 0 unspecified atom stereocenters. The van der Waals surface area contributed by atoms with Crippen LogP contribution in [0, 0.1) is 0 Å². The third kappa shape index (κ3) is 6.24. The van der Waals surface area contributed by atoms with Crippen molar-refractivity contribution in [3.8, 4) is 5.75 Å². The number of thioether (sulfide) groups is 1. The van der Waals surface area contributed by atoms with Crippen LogP contribution in [0.15, 0.2) is 64.9 Å². The average molecular weight is 426 g/mol. The van der Waals surface area contributed by atoms with Gasteiger partial charge in [0.1, 0.15) is 5.75 Å². The highest BCUT2D eigenvalue weighted by atomic mass is 32.2. The summed E-state index contributed by atoms with van der Waals surface area (Å²) < 4.78 is 6.66. The first kappa shape index (κ1) is 21.2. The van der Waals surface area contributed by atoms with Gasteiger partial charge in [-0.1, -0.05) is 42.1 Å². The lowest BCUT2D eigenvalue weighted by Crippen LogP contribution is -2.25. The zero-order chi connectivity index (χ0) is 21.2. The van der Waals surface area contributed by atoms with Gasteiger partial charge < -0.3 is 15.9 Å². The van der Waals surface area contributed by atoms with E-state index in [9.17, 15) is 4.79 Å². The van der Waals surface area contributed by atoms with Gasteiger partial charge in [-0.2, -0.15) is 5.10 Å². The van der Waals surface area contributed by atoms with Gasteiger partial charge in [0.05, 0.1) is 18.6 Å². The van der Waals surface area contributed by atoms with E-state index in [2.05, 4.69) is 26.0 Å². The van der Waals surface area contributed by atoms with Gasteiger partial charge in [-0.15, -0.1) is 10.2 Å². The van der Waals surface area contributed by atoms with Crippen molar-refractivity contribution in [2.24, 2.45) is 5.10 Å². The van der Waals surface area contributed by atoms with Crippen molar-refractivity contribution in [3.05, 3.63) is 65.7 Å². The fraction of sp³-hybridized carbons (Fsp3) is 0.200. The Balaban J connectivity index is 1.46. The van der Waals surface area contributed by atoms with E-state index in [-0.39, 0.29) is 17.6 Å². The number of amides is 1. The number of hydrogen-bond acceptors (Lipinski definition) is 8. The monoisotopic (exact) mass is 425 g/mol. The minimum absolute atomic E-state index is 0.116. The quantitative estimate of drug-likeness (QED) is 0.197. The van der Waals surface area contributed by atoms with Gasteiger partial charge in [-0.25, -0.2) is 10.1 Å². The van der Waals surface area contributed by atoms with E-state index in [1.54, 1.807) is 6.21 Å². The number of nitrogens with one attached hydrogen (secondary N) is 2. The zero-order valence-corrected chi connectivity index (χ0v) is 17.3. The molecule has 0 atom stereocenters. The molecule has 3 rings (SSSR count). The summed E-state index contributed by atoms with van der Waals surface area (Å²) in [6, 6.07) is 17.2. The molecule has 0 aliphatic heterocycles. The van der Waals surface area contributed by atoms with Gasteiger partial charge >= 0.3 is 0 Å². The van der Waals surface area contributed by atoms with Crippen LogP contribution in [0.1, 0.15) is 18.1 Å². The Kier molecular flexibility index (Phi) is 7.67. The lowest BCUT2D eigenvalue weighted by atomic mass is 10.2. The molecule has 4 N–H and O–H groups in total. The summed E-state index contributed by atoms with van der Waals surface area (Å²) in [5.74, 6) is 7.11. The summed E-state index contributed by atoms with van der Waals surface area (Å²) >= 11 is 1.19. The molecular formula is C20H23N7O2S. The molecule has 1 aromatic heterocycles. The maximum absolute atomic E-state index is 12.0. The summed E-state index contributed by atoms with van der Waals surface area (Å²) in [5.41, 5.74) is 4.67. The summed E-state index contributed by atoms with van der Waals surface area (Å²) in [7, 11) is 0. The minimum Gasteiger partial charge on any atom is -0.494 e. The fourth-order valence-corrected chi connectivity index (χ4v) is 3.10. The van der Waals surface area contributed by atoms with E-state index < -0.39 is 0 Å². The van der Waals surface area contributed by atoms with E-state index in [4.69, 9.17) is 10.6 Å². The summed E-state index contributed by atoms with van der Waals surface area (Å²) in [5, 5.41) is 15.3. The standard InChI is InChI=1S/C20H23N7O2S/c1-2-29-17-10-8-16(9-11-17)13-23-24-19-25-26-20(27(19)21)30-14-18(28)22-12-15-6-4-3-5-7-15/h3-11,13H,2,12,14,21H2,1H3,(H,22,28)(H,24,25)/b23-13+. The Morgan fingerprint density at radius 1 is 1.20 bits per heavy atom. The fourth-order valence-electron chi connectivity index (χ4n) is 2.41. The first-order chi connectivity index (χ1) is 14.7. The highest BCUT2D eigenvalue weighted by Crippen LogP contribution is 2.16. The maximum Gasteiger partial charge on any atom is 0.264 e. The van der Waals surface area contributed by atoms with Crippen LogP contribution in [0.5, 0.6) is 5.75 Å². The molecular weight excluding hydrogens is 402 g/mol. The van der Waals surface area contributed by atoms with Crippen LogP contribution in [0.25, 0.3) is 0 Å². The Labute approximate surface area is 178 Å². The third-order valence-corrected chi connectivity index (χ3v) is 4.84. The number of nitrogens with two attached hydrogens (primary N) is 1. The van der Waals surface area contributed by atoms with Crippen LogP contribution in [-0.2, 0) is 11.3 Å². The lowest BCUT2D eigenvalue weighted by molar-refractivity contribution is -0.118. The summed E-state index contributed by atoms with van der Waals surface area (Å²) in [4.78, 5) is 12.0. The molecule has 0 saturated heterocycles. The summed E-state index contributed by atoms with van der Waals surface area (Å²) in [6.45, 7) is 3.03. The van der Waals surface area contributed by atoms with Gasteiger partial charge in [0.15, 0.2) is 0 Å². The Morgan fingerprint density at radius 3 is 2.70 bits per heavy atom. The second-order valence-corrected chi connectivity index (χ2v) is 7.04. The van der Waals surface area contributed by atoms with Crippen molar-refractivity contribution in [2.75, 3.05) is 23.6 Å². The molecule has 3 aromatic rings. The van der Waals surface area contributed by atoms with Gasteiger partial charge in [0, 0.05) is 6.54 Å². The van der Waals surface area contributed by atoms with Crippen LogP contribution < -0.4 is 21.3 Å². The molecule has 2 aromatic carbocycles. The molecule has 0 saturated carbocycles. The van der Waals surface area contributed by atoms with Gasteiger partial charge in [0.2, 0.25) is 11.1 Å². The topological polar surface area (TPSA) is 119 Å². The SMILES string of the molecule is CCOc1ccc(/C=N/Nc2nnc(SCC(=O)NCc3ccccc3)n2N)cc1. The number of hydrazone groups is 1. The van der Waals surface area contributed by atoms with E-state index >= 15 is 0 Å². The van der Waals surface area contributed by atoms with Crippen LogP contribution >= 0.6 is 11.8 Å². The Morgan fingerprint density at radius 2 is 1.97 bits per heavy atom. The molecule has 30 heavy (non-hydrogen) atoms. The molecule has 9 nitrogen and oxygen atoms in total. The molecule has 0 spiro atoms. The average Bonchev–Trinajstić information content (AvgIpc) is 3.12. The smallest absolute Gasteiger partial charge is 0.264 e. The molecule has 0 radical (unpaired) electrons. The van der Waals surface area contributed by atoms with E-state index in [0.717, 1.165) is 16.9 Å². The molecule has 0 bridgehead atoms. The second-order valence-electron chi connectivity index (χ2n) is 6.10. The number of benzene rings is 2. The number of carbonyl (C=O) groups is 1. The van der Waals surface area contributed by atoms with Crippen molar-refractivity contribution >= 4 is 29.8 Å². The first-order valence-corrected chi connectivity index (χ1v) is 10.3. The number of aromatic nitrogens is 3. The van der Waals surface area contributed by atoms with Crippen molar-refractivity contribution in [1.29, 1.82) is 0 Å². The highest BCUT2D eigenvalue weighted by molar-refractivity contribution is 7.99. The minimum atomic E-state index is -0.116. The number of ether oxygens (including phenoxy) is 1. The molecule has 1 amide bonds. The van der Waals surface area contributed by atoms with Crippen LogP contribution in [0.4, 0.5) is 5.95 Å². The number of hydrogen-bond donors (Lipinski definition) is 3. The Hall–Kier alpha value is -3.53. The van der Waals surface area contributed by atoms with Crippen molar-refractivity contribution in [3.63, 3.8) is 0 Å².